The van der Waals surface area contributed by atoms with Gasteiger partial charge in [-0.2, -0.15) is 0 Å². The Morgan fingerprint density at radius 3 is 2.71 bits per heavy atom. The van der Waals surface area contributed by atoms with Crippen molar-refractivity contribution in [3.8, 4) is 11.5 Å². The molecule has 28 heavy (non-hydrogen) atoms. The number of hydrogen-bond donors (Lipinski definition) is 1. The number of carbonyl (C=O) groups is 1. The van der Waals surface area contributed by atoms with Gasteiger partial charge in [0.15, 0.2) is 17.3 Å². The van der Waals surface area contributed by atoms with E-state index in [0.717, 1.165) is 19.3 Å². The van der Waals surface area contributed by atoms with E-state index < -0.39 is 0 Å². The Kier molecular flexibility index (Phi) is 5.33. The maximum Gasteiger partial charge on any atom is 0.287 e. The Bertz CT molecular complexity index is 962. The van der Waals surface area contributed by atoms with Gasteiger partial charge in [-0.05, 0) is 54.7 Å². The first-order chi connectivity index (χ1) is 13.7. The van der Waals surface area contributed by atoms with Crippen LogP contribution in [0, 0.1) is 0 Å². The molecule has 0 aliphatic heterocycles. The van der Waals surface area contributed by atoms with Gasteiger partial charge in [0.2, 0.25) is 0 Å². The maximum atomic E-state index is 12.6. The average Bonchev–Trinajstić information content (AvgIpc) is 3.22. The topological polar surface area (TPSA) is 60.7 Å². The fourth-order valence-electron chi connectivity index (χ4n) is 3.60. The molecule has 0 radical (unpaired) electrons. The molecule has 0 saturated carbocycles. The molecule has 0 fully saturated rings. The Labute approximate surface area is 164 Å². The van der Waals surface area contributed by atoms with Gasteiger partial charge in [0, 0.05) is 0 Å². The van der Waals surface area contributed by atoms with Crippen LogP contribution in [0.5, 0.6) is 11.5 Å². The van der Waals surface area contributed by atoms with Gasteiger partial charge in [-0.3, -0.25) is 4.79 Å². The number of furan rings is 1. The molecule has 5 heteroatoms. The van der Waals surface area contributed by atoms with Crippen LogP contribution in [-0.2, 0) is 13.0 Å². The van der Waals surface area contributed by atoms with Crippen molar-refractivity contribution in [1.29, 1.82) is 0 Å². The van der Waals surface area contributed by atoms with Crippen LogP contribution in [0.3, 0.4) is 0 Å². The van der Waals surface area contributed by atoms with E-state index in [1.165, 1.54) is 11.1 Å². The van der Waals surface area contributed by atoms with Crippen LogP contribution in [0.15, 0.2) is 65.1 Å². The zero-order chi connectivity index (χ0) is 19.3. The molecule has 0 saturated heterocycles. The summed E-state index contributed by atoms with van der Waals surface area (Å²) in [4.78, 5) is 12.6. The lowest BCUT2D eigenvalue weighted by atomic mass is 9.88. The van der Waals surface area contributed by atoms with Crippen LogP contribution in [-0.4, -0.2) is 13.0 Å². The van der Waals surface area contributed by atoms with Crippen LogP contribution >= 0.6 is 0 Å². The van der Waals surface area contributed by atoms with Gasteiger partial charge in [-0.15, -0.1) is 0 Å². The van der Waals surface area contributed by atoms with Crippen molar-refractivity contribution >= 4 is 5.91 Å². The molecule has 1 aromatic heterocycles. The predicted octanol–water partition coefficient (Wildman–Crippen LogP) is 4.67. The third-order valence-corrected chi connectivity index (χ3v) is 5.00. The minimum absolute atomic E-state index is 0.0239. The normalized spacial score (nSPS) is 15.5. The highest BCUT2D eigenvalue weighted by Crippen LogP contribution is 2.30. The minimum atomic E-state index is -0.203. The molecule has 1 N–H and O–H groups in total. The van der Waals surface area contributed by atoms with Crippen molar-refractivity contribution in [1.82, 2.24) is 5.32 Å². The fraction of sp³-hybridized carbons (Fsp3) is 0.261. The number of carbonyl (C=O) groups excluding carboxylic acids is 1. The highest BCUT2D eigenvalue weighted by molar-refractivity contribution is 5.91. The fourth-order valence-corrected chi connectivity index (χ4v) is 3.60. The van der Waals surface area contributed by atoms with Crippen molar-refractivity contribution in [2.45, 2.75) is 31.9 Å². The second kappa shape index (κ2) is 8.21. The molecule has 1 heterocycles. The Morgan fingerprint density at radius 2 is 1.86 bits per heavy atom. The van der Waals surface area contributed by atoms with Gasteiger partial charge in [0.05, 0.1) is 13.2 Å². The summed E-state index contributed by atoms with van der Waals surface area (Å²) in [6, 6.07) is 19.2. The van der Waals surface area contributed by atoms with E-state index in [4.69, 9.17) is 13.9 Å². The molecule has 3 aromatic rings. The Hall–Kier alpha value is -3.21. The maximum absolute atomic E-state index is 12.6. The van der Waals surface area contributed by atoms with Gasteiger partial charge in [0.25, 0.3) is 5.91 Å². The molecule has 1 unspecified atom stereocenters. The minimum Gasteiger partial charge on any atom is -0.493 e. The molecule has 0 spiro atoms. The van der Waals surface area contributed by atoms with Gasteiger partial charge in [-0.1, -0.05) is 36.4 Å². The summed E-state index contributed by atoms with van der Waals surface area (Å²) in [5.74, 6) is 1.96. The lowest BCUT2D eigenvalue weighted by molar-refractivity contribution is 0.0900. The SMILES string of the molecule is COc1ccccc1OCc1ccc(C(=O)NC2CCCc3ccccc32)o1. The van der Waals surface area contributed by atoms with Gasteiger partial charge in [-0.25, -0.2) is 0 Å². The molecular weight excluding hydrogens is 354 g/mol. The molecular formula is C23H23NO4. The van der Waals surface area contributed by atoms with E-state index in [1.54, 1.807) is 19.2 Å². The monoisotopic (exact) mass is 377 g/mol. The van der Waals surface area contributed by atoms with E-state index in [1.807, 2.05) is 36.4 Å². The van der Waals surface area contributed by atoms with E-state index in [2.05, 4.69) is 17.4 Å². The first-order valence-corrected chi connectivity index (χ1v) is 9.48. The van der Waals surface area contributed by atoms with Crippen LogP contribution in [0.25, 0.3) is 0 Å². The van der Waals surface area contributed by atoms with Crippen LogP contribution < -0.4 is 14.8 Å². The number of rotatable bonds is 6. The summed E-state index contributed by atoms with van der Waals surface area (Å²) in [6.45, 7) is 0.222. The molecule has 1 aliphatic rings. The smallest absolute Gasteiger partial charge is 0.287 e. The number of ether oxygens (including phenoxy) is 2. The number of hydrogen-bond acceptors (Lipinski definition) is 4. The summed E-state index contributed by atoms with van der Waals surface area (Å²) in [5.41, 5.74) is 2.51. The van der Waals surface area contributed by atoms with Crippen LogP contribution in [0.2, 0.25) is 0 Å². The van der Waals surface area contributed by atoms with E-state index in [-0.39, 0.29) is 18.6 Å². The van der Waals surface area contributed by atoms with Crippen molar-refractivity contribution in [2.75, 3.05) is 7.11 Å². The van der Waals surface area contributed by atoms with Crippen LogP contribution in [0.1, 0.15) is 46.3 Å². The number of aryl methyl sites for hydroxylation is 1. The summed E-state index contributed by atoms with van der Waals surface area (Å²) in [7, 11) is 1.60. The Balaban J connectivity index is 1.40. The molecule has 5 nitrogen and oxygen atoms in total. The zero-order valence-corrected chi connectivity index (χ0v) is 15.8. The third-order valence-electron chi connectivity index (χ3n) is 5.00. The number of methoxy groups -OCH3 is 1. The number of benzene rings is 2. The first kappa shape index (κ1) is 18.2. The Morgan fingerprint density at radius 1 is 1.07 bits per heavy atom. The summed E-state index contributed by atoms with van der Waals surface area (Å²) < 4.78 is 16.7. The number of amides is 1. The van der Waals surface area contributed by atoms with Gasteiger partial charge in [0.1, 0.15) is 12.4 Å². The lowest BCUT2D eigenvalue weighted by Crippen LogP contribution is -2.30. The average molecular weight is 377 g/mol. The summed E-state index contributed by atoms with van der Waals surface area (Å²) >= 11 is 0. The number of nitrogens with one attached hydrogen (secondary N) is 1. The molecule has 1 aliphatic carbocycles. The van der Waals surface area contributed by atoms with E-state index in [9.17, 15) is 4.79 Å². The molecule has 1 amide bonds. The van der Waals surface area contributed by atoms with Gasteiger partial charge < -0.3 is 19.2 Å². The predicted molar refractivity (Wildman–Crippen MR) is 106 cm³/mol. The van der Waals surface area contributed by atoms with E-state index in [0.29, 0.717) is 23.0 Å². The molecule has 4 rings (SSSR count). The summed E-state index contributed by atoms with van der Waals surface area (Å²) in [5, 5.41) is 3.10. The molecule has 0 bridgehead atoms. The zero-order valence-electron chi connectivity index (χ0n) is 15.8. The molecule has 2 aromatic carbocycles. The second-order valence-electron chi connectivity index (χ2n) is 6.82. The highest BCUT2D eigenvalue weighted by atomic mass is 16.5. The number of para-hydroxylation sites is 2. The van der Waals surface area contributed by atoms with Crippen molar-refractivity contribution in [2.24, 2.45) is 0 Å². The first-order valence-electron chi connectivity index (χ1n) is 9.48. The largest absolute Gasteiger partial charge is 0.493 e. The third kappa shape index (κ3) is 3.88. The van der Waals surface area contributed by atoms with Crippen LogP contribution in [0.4, 0.5) is 0 Å². The second-order valence-corrected chi connectivity index (χ2v) is 6.82. The molecule has 1 atom stereocenters. The van der Waals surface area contributed by atoms with Crippen molar-refractivity contribution in [3.05, 3.63) is 83.3 Å². The van der Waals surface area contributed by atoms with E-state index >= 15 is 0 Å². The lowest BCUT2D eigenvalue weighted by Gasteiger charge is -2.25. The number of fused-ring (bicyclic) bond motifs is 1. The van der Waals surface area contributed by atoms with Crippen molar-refractivity contribution in [3.63, 3.8) is 0 Å². The van der Waals surface area contributed by atoms with Crippen molar-refractivity contribution < 1.29 is 18.7 Å². The summed E-state index contributed by atoms with van der Waals surface area (Å²) in [6.07, 6.45) is 3.07. The standard InChI is InChI=1S/C23H23NO4/c1-26-20-11-4-5-12-21(20)27-15-17-13-14-22(28-17)23(25)24-19-10-6-8-16-7-2-3-9-18(16)19/h2-5,7,9,11-14,19H,6,8,10,15H2,1H3,(H,24,25). The molecule has 144 valence electrons. The quantitative estimate of drug-likeness (QED) is 0.678. The van der Waals surface area contributed by atoms with Gasteiger partial charge >= 0.3 is 0 Å². The highest BCUT2D eigenvalue weighted by Gasteiger charge is 2.23.